The van der Waals surface area contributed by atoms with Gasteiger partial charge in [0.15, 0.2) is 6.61 Å². The molecule has 0 saturated carbocycles. The third-order valence-corrected chi connectivity index (χ3v) is 4.65. The maximum absolute atomic E-state index is 13.3. The van der Waals surface area contributed by atoms with Crippen LogP contribution < -0.4 is 5.32 Å². The van der Waals surface area contributed by atoms with E-state index in [-0.39, 0.29) is 11.3 Å². The van der Waals surface area contributed by atoms with Crippen molar-refractivity contribution in [2.24, 2.45) is 0 Å². The second-order valence-electron chi connectivity index (χ2n) is 6.64. The summed E-state index contributed by atoms with van der Waals surface area (Å²) in [6, 6.07) is 13.7. The topological polar surface area (TPSA) is 94.3 Å². The van der Waals surface area contributed by atoms with Crippen LogP contribution in [0.15, 0.2) is 59.1 Å². The van der Waals surface area contributed by atoms with Gasteiger partial charge in [-0.3, -0.25) is 4.79 Å². The molecule has 2 aromatic heterocycles. The Bertz CT molecular complexity index is 1290. The third-order valence-electron chi connectivity index (χ3n) is 4.42. The lowest BCUT2D eigenvalue weighted by atomic mass is 10.1. The summed E-state index contributed by atoms with van der Waals surface area (Å²) >= 11 is 5.89. The largest absolute Gasteiger partial charge is 0.452 e. The summed E-state index contributed by atoms with van der Waals surface area (Å²) in [5, 5.41) is 7.29. The highest BCUT2D eigenvalue weighted by Gasteiger charge is 2.21. The summed E-state index contributed by atoms with van der Waals surface area (Å²) in [4.78, 5) is 29.3. The molecule has 0 spiro atoms. The number of nitrogens with one attached hydrogen (secondary N) is 1. The van der Waals surface area contributed by atoms with Crippen molar-refractivity contribution in [2.75, 3.05) is 11.9 Å². The van der Waals surface area contributed by atoms with E-state index in [0.717, 1.165) is 0 Å². The van der Waals surface area contributed by atoms with Crippen LogP contribution in [-0.2, 0) is 9.53 Å². The van der Waals surface area contributed by atoms with E-state index in [4.69, 9.17) is 20.9 Å². The van der Waals surface area contributed by atoms with Gasteiger partial charge in [-0.05, 0) is 55.5 Å². The molecule has 1 N–H and O–H groups in total. The molecule has 0 fully saturated rings. The Morgan fingerprint density at radius 3 is 2.68 bits per heavy atom. The first-order chi connectivity index (χ1) is 14.9. The first-order valence-electron chi connectivity index (χ1n) is 9.16. The van der Waals surface area contributed by atoms with E-state index in [9.17, 15) is 14.0 Å². The van der Waals surface area contributed by atoms with Crippen molar-refractivity contribution in [3.8, 4) is 11.3 Å². The van der Waals surface area contributed by atoms with E-state index in [1.165, 1.54) is 30.3 Å². The first-order valence-corrected chi connectivity index (χ1v) is 9.54. The van der Waals surface area contributed by atoms with Crippen molar-refractivity contribution < 1.29 is 23.2 Å². The molecule has 1 amide bonds. The molecule has 0 aliphatic carbocycles. The van der Waals surface area contributed by atoms with Gasteiger partial charge in [-0.1, -0.05) is 22.8 Å². The number of carbonyl (C=O) groups is 2. The van der Waals surface area contributed by atoms with E-state index in [2.05, 4.69) is 15.5 Å². The van der Waals surface area contributed by atoms with Crippen LogP contribution in [-0.4, -0.2) is 28.6 Å². The number of nitrogens with zero attached hydrogens (tertiary/aromatic N) is 2. The Hall–Kier alpha value is -3.78. The van der Waals surface area contributed by atoms with Crippen LogP contribution >= 0.6 is 11.6 Å². The normalized spacial score (nSPS) is 10.8. The number of hydrogen-bond acceptors (Lipinski definition) is 6. The summed E-state index contributed by atoms with van der Waals surface area (Å²) in [6.07, 6.45) is 0. The smallest absolute Gasteiger partial charge is 0.339 e. The Morgan fingerprint density at radius 2 is 1.94 bits per heavy atom. The van der Waals surface area contributed by atoms with Crippen molar-refractivity contribution in [1.29, 1.82) is 0 Å². The van der Waals surface area contributed by atoms with Crippen LogP contribution in [0.25, 0.3) is 22.4 Å². The number of esters is 1. The number of ether oxygens (including phenoxy) is 1. The average Bonchev–Trinajstić information content (AvgIpc) is 3.13. The number of carbonyl (C=O) groups excluding carboxylic acids is 2. The maximum atomic E-state index is 13.3. The zero-order valence-corrected chi connectivity index (χ0v) is 16.9. The van der Waals surface area contributed by atoms with Crippen molar-refractivity contribution in [3.63, 3.8) is 0 Å². The molecule has 7 nitrogen and oxygen atoms in total. The second-order valence-corrected chi connectivity index (χ2v) is 7.08. The Kier molecular flexibility index (Phi) is 5.64. The number of anilines is 1. The molecule has 4 aromatic rings. The van der Waals surface area contributed by atoms with Crippen LogP contribution in [0.5, 0.6) is 0 Å². The third kappa shape index (κ3) is 4.54. The summed E-state index contributed by atoms with van der Waals surface area (Å²) in [5.74, 6) is -1.67. The van der Waals surface area contributed by atoms with Crippen LogP contribution in [0.1, 0.15) is 16.1 Å². The molecule has 2 aromatic carbocycles. The van der Waals surface area contributed by atoms with Gasteiger partial charge in [0.2, 0.25) is 0 Å². The molecular formula is C22H15ClFN3O4. The van der Waals surface area contributed by atoms with E-state index < -0.39 is 24.3 Å². The van der Waals surface area contributed by atoms with E-state index in [1.807, 2.05) is 0 Å². The molecule has 0 bridgehead atoms. The second kappa shape index (κ2) is 8.53. The number of pyridine rings is 1. The van der Waals surface area contributed by atoms with Gasteiger partial charge < -0.3 is 14.6 Å². The Labute approximate surface area is 180 Å². The molecule has 0 saturated heterocycles. The molecule has 0 aliphatic rings. The van der Waals surface area contributed by atoms with Gasteiger partial charge in [0.25, 0.3) is 11.6 Å². The molecule has 9 heteroatoms. The lowest BCUT2D eigenvalue weighted by molar-refractivity contribution is -0.119. The molecule has 4 rings (SSSR count). The van der Waals surface area contributed by atoms with Crippen molar-refractivity contribution in [3.05, 3.63) is 76.7 Å². The highest BCUT2D eigenvalue weighted by atomic mass is 35.5. The first kappa shape index (κ1) is 20.5. The molecular weight excluding hydrogens is 425 g/mol. The fourth-order valence-corrected chi connectivity index (χ4v) is 3.19. The summed E-state index contributed by atoms with van der Waals surface area (Å²) in [5.41, 5.74) is 2.15. The lowest BCUT2D eigenvalue weighted by Gasteiger charge is -2.09. The lowest BCUT2D eigenvalue weighted by Crippen LogP contribution is -2.21. The zero-order valence-electron chi connectivity index (χ0n) is 16.2. The molecule has 0 radical (unpaired) electrons. The van der Waals surface area contributed by atoms with Gasteiger partial charge in [0, 0.05) is 16.3 Å². The molecule has 0 aliphatic heterocycles. The Balaban J connectivity index is 1.57. The van der Waals surface area contributed by atoms with Gasteiger partial charge in [0.1, 0.15) is 5.82 Å². The molecule has 0 unspecified atom stereocenters. The van der Waals surface area contributed by atoms with E-state index in [0.29, 0.717) is 33.0 Å². The highest BCUT2D eigenvalue weighted by molar-refractivity contribution is 6.30. The van der Waals surface area contributed by atoms with E-state index in [1.54, 1.807) is 31.2 Å². The van der Waals surface area contributed by atoms with Gasteiger partial charge in [-0.15, -0.1) is 0 Å². The summed E-state index contributed by atoms with van der Waals surface area (Å²) in [7, 11) is 0. The van der Waals surface area contributed by atoms with Gasteiger partial charge >= 0.3 is 5.97 Å². The van der Waals surface area contributed by atoms with Crippen LogP contribution in [0, 0.1) is 12.7 Å². The predicted molar refractivity (Wildman–Crippen MR) is 112 cm³/mol. The van der Waals surface area contributed by atoms with Gasteiger partial charge in [-0.25, -0.2) is 14.2 Å². The molecule has 0 atom stereocenters. The van der Waals surface area contributed by atoms with E-state index >= 15 is 0 Å². The number of aromatic nitrogens is 2. The van der Waals surface area contributed by atoms with Crippen LogP contribution in [0.4, 0.5) is 10.1 Å². The van der Waals surface area contributed by atoms with Gasteiger partial charge in [0.05, 0.1) is 22.3 Å². The van der Waals surface area contributed by atoms with Gasteiger partial charge in [-0.2, -0.15) is 0 Å². The highest BCUT2D eigenvalue weighted by Crippen LogP contribution is 2.27. The predicted octanol–water partition coefficient (Wildman–Crippen LogP) is 4.79. The standard InChI is InChI=1S/C22H15ClFN3O4/c1-12-20-17(22(29)30-11-19(28)25-16-4-2-3-14(23)9-16)10-18(26-21(20)31-27-12)13-5-7-15(24)8-6-13/h2-10H,11H2,1H3,(H,25,28). The molecule has 156 valence electrons. The number of benzene rings is 2. The number of rotatable bonds is 5. The summed E-state index contributed by atoms with van der Waals surface area (Å²) in [6.45, 7) is 1.15. The minimum atomic E-state index is -0.747. The minimum Gasteiger partial charge on any atom is -0.452 e. The molecule has 2 heterocycles. The number of aryl methyl sites for hydroxylation is 1. The maximum Gasteiger partial charge on any atom is 0.339 e. The van der Waals surface area contributed by atoms with Crippen molar-refractivity contribution >= 4 is 40.3 Å². The number of amides is 1. The van der Waals surface area contributed by atoms with Crippen molar-refractivity contribution in [2.45, 2.75) is 6.92 Å². The minimum absolute atomic E-state index is 0.134. The number of hydrogen-bond donors (Lipinski definition) is 1. The van der Waals surface area contributed by atoms with Crippen molar-refractivity contribution in [1.82, 2.24) is 10.1 Å². The number of fused-ring (bicyclic) bond motifs is 1. The quantitative estimate of drug-likeness (QED) is 0.449. The SMILES string of the molecule is Cc1noc2nc(-c3ccc(F)cc3)cc(C(=O)OCC(=O)Nc3cccc(Cl)c3)c12. The Morgan fingerprint density at radius 1 is 1.16 bits per heavy atom. The molecule has 31 heavy (non-hydrogen) atoms. The zero-order chi connectivity index (χ0) is 22.0. The fraction of sp³-hybridized carbons (Fsp3) is 0.0909. The van der Waals surface area contributed by atoms with Crippen LogP contribution in [0.2, 0.25) is 5.02 Å². The summed E-state index contributed by atoms with van der Waals surface area (Å²) < 4.78 is 23.7. The fourth-order valence-electron chi connectivity index (χ4n) is 3.00. The average molecular weight is 440 g/mol. The monoisotopic (exact) mass is 439 g/mol. The number of halogens is 2. The van der Waals surface area contributed by atoms with Crippen LogP contribution in [0.3, 0.4) is 0 Å².